The molecule has 23 heavy (non-hydrogen) atoms. The number of aromatic nitrogens is 2. The second kappa shape index (κ2) is 5.74. The summed E-state index contributed by atoms with van der Waals surface area (Å²) < 4.78 is 0. The SMILES string of the molecule is Cc1ncc(CN2C[C@@H]3ON=C(c4ccccc4C)[C@@H]3C2)cn1. The van der Waals surface area contributed by atoms with Crippen molar-refractivity contribution in [1.29, 1.82) is 0 Å². The van der Waals surface area contributed by atoms with Gasteiger partial charge < -0.3 is 4.84 Å². The monoisotopic (exact) mass is 308 g/mol. The van der Waals surface area contributed by atoms with Gasteiger partial charge in [0.1, 0.15) is 11.9 Å². The van der Waals surface area contributed by atoms with Crippen molar-refractivity contribution >= 4 is 5.71 Å². The van der Waals surface area contributed by atoms with Crippen molar-refractivity contribution in [2.45, 2.75) is 26.5 Å². The van der Waals surface area contributed by atoms with Crippen LogP contribution in [0.2, 0.25) is 0 Å². The van der Waals surface area contributed by atoms with Crippen molar-refractivity contribution in [1.82, 2.24) is 14.9 Å². The summed E-state index contributed by atoms with van der Waals surface area (Å²) in [6, 6.07) is 8.39. The molecular formula is C18H20N4O. The first-order valence-corrected chi connectivity index (χ1v) is 8.00. The van der Waals surface area contributed by atoms with Gasteiger partial charge in [-0.25, -0.2) is 9.97 Å². The molecule has 3 heterocycles. The molecule has 2 aliphatic heterocycles. The summed E-state index contributed by atoms with van der Waals surface area (Å²) in [4.78, 5) is 16.6. The largest absolute Gasteiger partial charge is 0.390 e. The van der Waals surface area contributed by atoms with Crippen LogP contribution >= 0.6 is 0 Å². The van der Waals surface area contributed by atoms with Crippen LogP contribution in [-0.4, -0.2) is 39.8 Å². The second-order valence-corrected chi connectivity index (χ2v) is 6.37. The third-order valence-electron chi connectivity index (χ3n) is 4.64. The fraction of sp³-hybridized carbons (Fsp3) is 0.389. The molecule has 0 aliphatic carbocycles. The van der Waals surface area contributed by atoms with E-state index in [9.17, 15) is 0 Å². The molecule has 0 bridgehead atoms. The molecule has 1 saturated heterocycles. The second-order valence-electron chi connectivity index (χ2n) is 6.37. The molecule has 1 fully saturated rings. The number of benzene rings is 1. The van der Waals surface area contributed by atoms with Gasteiger partial charge in [0, 0.05) is 43.2 Å². The normalized spacial score (nSPS) is 23.5. The number of oxime groups is 1. The Morgan fingerprint density at radius 1 is 1.13 bits per heavy atom. The van der Waals surface area contributed by atoms with Gasteiger partial charge in [-0.3, -0.25) is 4.90 Å². The minimum atomic E-state index is 0.163. The zero-order valence-corrected chi connectivity index (χ0v) is 13.4. The number of aryl methyl sites for hydroxylation is 2. The van der Waals surface area contributed by atoms with Gasteiger partial charge in [-0.2, -0.15) is 0 Å². The summed E-state index contributed by atoms with van der Waals surface area (Å²) >= 11 is 0. The zero-order valence-electron chi connectivity index (χ0n) is 13.4. The van der Waals surface area contributed by atoms with E-state index in [2.05, 4.69) is 51.2 Å². The number of hydrogen-bond donors (Lipinski definition) is 0. The molecule has 2 atom stereocenters. The van der Waals surface area contributed by atoms with Gasteiger partial charge >= 0.3 is 0 Å². The minimum absolute atomic E-state index is 0.163. The van der Waals surface area contributed by atoms with E-state index in [0.29, 0.717) is 5.92 Å². The number of fused-ring (bicyclic) bond motifs is 1. The molecule has 0 saturated carbocycles. The van der Waals surface area contributed by atoms with E-state index in [4.69, 9.17) is 4.84 Å². The number of nitrogens with zero attached hydrogens (tertiary/aromatic N) is 4. The summed E-state index contributed by atoms with van der Waals surface area (Å²) in [6.45, 7) is 6.76. The highest BCUT2D eigenvalue weighted by molar-refractivity contribution is 6.04. The Kier molecular flexibility index (Phi) is 3.58. The van der Waals surface area contributed by atoms with Gasteiger partial charge in [0.2, 0.25) is 0 Å². The first-order valence-electron chi connectivity index (χ1n) is 8.00. The maximum absolute atomic E-state index is 5.70. The van der Waals surface area contributed by atoms with E-state index in [1.807, 2.05) is 19.3 Å². The van der Waals surface area contributed by atoms with E-state index in [-0.39, 0.29) is 6.10 Å². The van der Waals surface area contributed by atoms with Crippen molar-refractivity contribution in [2.24, 2.45) is 11.1 Å². The van der Waals surface area contributed by atoms with Crippen LogP contribution in [0.15, 0.2) is 41.8 Å². The van der Waals surface area contributed by atoms with Crippen molar-refractivity contribution < 1.29 is 4.84 Å². The summed E-state index contributed by atoms with van der Waals surface area (Å²) in [5, 5.41) is 4.37. The maximum atomic E-state index is 5.70. The third kappa shape index (κ3) is 2.72. The summed E-state index contributed by atoms with van der Waals surface area (Å²) in [5.41, 5.74) is 4.70. The summed E-state index contributed by atoms with van der Waals surface area (Å²) in [7, 11) is 0. The van der Waals surface area contributed by atoms with E-state index in [1.54, 1.807) is 0 Å². The van der Waals surface area contributed by atoms with Gasteiger partial charge in [0.25, 0.3) is 0 Å². The van der Waals surface area contributed by atoms with Crippen LogP contribution in [0.4, 0.5) is 0 Å². The van der Waals surface area contributed by atoms with Crippen LogP contribution in [0, 0.1) is 19.8 Å². The summed E-state index contributed by atoms with van der Waals surface area (Å²) in [5.74, 6) is 1.16. The molecular weight excluding hydrogens is 288 g/mol. The van der Waals surface area contributed by atoms with Crippen LogP contribution in [0.1, 0.15) is 22.5 Å². The van der Waals surface area contributed by atoms with Gasteiger partial charge in [-0.1, -0.05) is 29.4 Å². The van der Waals surface area contributed by atoms with Crippen LogP contribution in [-0.2, 0) is 11.4 Å². The van der Waals surface area contributed by atoms with E-state index in [0.717, 1.165) is 36.7 Å². The highest BCUT2D eigenvalue weighted by Crippen LogP contribution is 2.31. The predicted octanol–water partition coefficient (Wildman–Crippen LogP) is 2.33. The lowest BCUT2D eigenvalue weighted by molar-refractivity contribution is 0.0745. The van der Waals surface area contributed by atoms with Gasteiger partial charge in [-0.05, 0) is 19.4 Å². The predicted molar refractivity (Wildman–Crippen MR) is 88.1 cm³/mol. The third-order valence-corrected chi connectivity index (χ3v) is 4.64. The average Bonchev–Trinajstić information content (AvgIpc) is 3.10. The summed E-state index contributed by atoms with van der Waals surface area (Å²) in [6.07, 6.45) is 3.98. The smallest absolute Gasteiger partial charge is 0.149 e. The van der Waals surface area contributed by atoms with Gasteiger partial charge in [0.15, 0.2) is 0 Å². The van der Waals surface area contributed by atoms with Crippen molar-refractivity contribution in [2.75, 3.05) is 13.1 Å². The molecule has 2 aliphatic rings. The Labute approximate surface area is 136 Å². The Morgan fingerprint density at radius 2 is 1.91 bits per heavy atom. The topological polar surface area (TPSA) is 50.6 Å². The average molecular weight is 308 g/mol. The molecule has 0 N–H and O–H groups in total. The minimum Gasteiger partial charge on any atom is -0.390 e. The molecule has 0 unspecified atom stereocenters. The lowest BCUT2D eigenvalue weighted by Crippen LogP contribution is -2.23. The molecule has 1 aromatic carbocycles. The molecule has 118 valence electrons. The van der Waals surface area contributed by atoms with E-state index in [1.165, 1.54) is 11.1 Å². The van der Waals surface area contributed by atoms with Crippen molar-refractivity contribution in [3.63, 3.8) is 0 Å². The molecule has 5 heteroatoms. The molecule has 0 spiro atoms. The Morgan fingerprint density at radius 3 is 2.70 bits per heavy atom. The van der Waals surface area contributed by atoms with Crippen LogP contribution in [0.5, 0.6) is 0 Å². The highest BCUT2D eigenvalue weighted by atomic mass is 16.6. The lowest BCUT2D eigenvalue weighted by atomic mass is 9.92. The molecule has 5 nitrogen and oxygen atoms in total. The van der Waals surface area contributed by atoms with Crippen LogP contribution in [0.25, 0.3) is 0 Å². The Balaban J connectivity index is 1.49. The number of rotatable bonds is 3. The highest BCUT2D eigenvalue weighted by Gasteiger charge is 2.42. The van der Waals surface area contributed by atoms with E-state index < -0.39 is 0 Å². The molecule has 0 radical (unpaired) electrons. The fourth-order valence-corrected chi connectivity index (χ4v) is 3.41. The van der Waals surface area contributed by atoms with E-state index >= 15 is 0 Å². The van der Waals surface area contributed by atoms with Crippen molar-refractivity contribution in [3.05, 3.63) is 59.2 Å². The van der Waals surface area contributed by atoms with Gasteiger partial charge in [-0.15, -0.1) is 0 Å². The maximum Gasteiger partial charge on any atom is 0.149 e. The van der Waals surface area contributed by atoms with Crippen LogP contribution in [0.3, 0.4) is 0 Å². The molecule has 0 amide bonds. The first-order chi connectivity index (χ1) is 11.2. The molecule has 2 aromatic rings. The molecule has 1 aromatic heterocycles. The van der Waals surface area contributed by atoms with Crippen LogP contribution < -0.4 is 0 Å². The zero-order chi connectivity index (χ0) is 15.8. The van der Waals surface area contributed by atoms with Crippen molar-refractivity contribution in [3.8, 4) is 0 Å². The van der Waals surface area contributed by atoms with Gasteiger partial charge in [0.05, 0.1) is 11.6 Å². The molecule has 4 rings (SSSR count). The Bertz CT molecular complexity index is 741. The number of hydrogen-bond acceptors (Lipinski definition) is 5. The standard InChI is InChI=1S/C18H20N4O/c1-12-5-3-4-6-15(12)18-16-10-22(11-17(16)23-21-18)9-14-7-19-13(2)20-8-14/h3-8,16-17H,9-11H2,1-2H3/t16-,17+/m1/s1. The quantitative estimate of drug-likeness (QED) is 0.873. The number of likely N-dealkylation sites (tertiary alicyclic amines) is 1. The Hall–Kier alpha value is -2.27. The fourth-order valence-electron chi connectivity index (χ4n) is 3.41. The lowest BCUT2D eigenvalue weighted by Gasteiger charge is -2.16. The first kappa shape index (κ1) is 14.3.